The van der Waals surface area contributed by atoms with Crippen LogP contribution in [0.1, 0.15) is 15.2 Å². The number of aryl methyl sites for hydroxylation is 1. The summed E-state index contributed by atoms with van der Waals surface area (Å²) in [6.07, 6.45) is 0. The number of carbonyl (C=O) groups is 1. The molecule has 2 aromatic heterocycles. The van der Waals surface area contributed by atoms with E-state index < -0.39 is 0 Å². The summed E-state index contributed by atoms with van der Waals surface area (Å²) in [5, 5.41) is 8.79. The van der Waals surface area contributed by atoms with E-state index in [0.29, 0.717) is 22.3 Å². The van der Waals surface area contributed by atoms with Gasteiger partial charge in [0, 0.05) is 16.8 Å². The van der Waals surface area contributed by atoms with Crippen LogP contribution in [0.2, 0.25) is 0 Å². The van der Waals surface area contributed by atoms with Crippen LogP contribution in [0, 0.1) is 6.92 Å². The van der Waals surface area contributed by atoms with Crippen molar-refractivity contribution in [2.75, 3.05) is 5.32 Å². The van der Waals surface area contributed by atoms with Crippen molar-refractivity contribution in [3.63, 3.8) is 0 Å². The highest BCUT2D eigenvalue weighted by atomic mass is 32.1. The first-order valence-corrected chi connectivity index (χ1v) is 8.93. The summed E-state index contributed by atoms with van der Waals surface area (Å²) in [5.74, 6) is 0.878. The highest BCUT2D eigenvalue weighted by Crippen LogP contribution is 2.24. The molecule has 1 N–H and O–H groups in total. The van der Waals surface area contributed by atoms with E-state index in [0.717, 1.165) is 16.7 Å². The van der Waals surface area contributed by atoms with Gasteiger partial charge in [-0.2, -0.15) is 4.98 Å². The lowest BCUT2D eigenvalue weighted by atomic mass is 10.1. The van der Waals surface area contributed by atoms with Gasteiger partial charge < -0.3 is 9.84 Å². The molecular formula is C20H15N3O2S. The third-order valence-electron chi connectivity index (χ3n) is 3.84. The normalized spacial score (nSPS) is 10.7. The molecule has 6 heteroatoms. The van der Waals surface area contributed by atoms with Crippen molar-refractivity contribution >= 4 is 22.9 Å². The predicted molar refractivity (Wildman–Crippen MR) is 102 cm³/mol. The van der Waals surface area contributed by atoms with Gasteiger partial charge in [0.15, 0.2) is 0 Å². The summed E-state index contributed by atoms with van der Waals surface area (Å²) in [5.41, 5.74) is 3.57. The summed E-state index contributed by atoms with van der Waals surface area (Å²) >= 11 is 1.41. The Bertz CT molecular complexity index is 1040. The standard InChI is InChI=1S/C20H15N3O2S/c1-13-4-2-5-15(12-13)18-22-20(25-23-18)14-7-9-16(10-8-14)21-19(24)17-6-3-11-26-17/h2-12H,1H3,(H,21,24). The monoisotopic (exact) mass is 361 g/mol. The summed E-state index contributed by atoms with van der Waals surface area (Å²) < 4.78 is 5.38. The molecule has 0 unspecified atom stereocenters. The molecule has 5 nitrogen and oxygen atoms in total. The Hall–Kier alpha value is -3.25. The van der Waals surface area contributed by atoms with E-state index in [1.807, 2.05) is 66.9 Å². The molecule has 0 aliphatic heterocycles. The van der Waals surface area contributed by atoms with Crippen molar-refractivity contribution in [2.45, 2.75) is 6.92 Å². The molecule has 2 heterocycles. The zero-order valence-electron chi connectivity index (χ0n) is 14.0. The van der Waals surface area contributed by atoms with Crippen LogP contribution in [0.3, 0.4) is 0 Å². The second kappa shape index (κ2) is 6.93. The highest BCUT2D eigenvalue weighted by Gasteiger charge is 2.11. The second-order valence-corrected chi connectivity index (χ2v) is 6.75. The second-order valence-electron chi connectivity index (χ2n) is 5.80. The molecule has 4 aromatic rings. The average molecular weight is 361 g/mol. The van der Waals surface area contributed by atoms with Crippen LogP contribution in [-0.4, -0.2) is 16.0 Å². The third kappa shape index (κ3) is 3.41. The fourth-order valence-corrected chi connectivity index (χ4v) is 3.16. The molecule has 0 saturated heterocycles. The Labute approximate surface area is 154 Å². The maximum absolute atomic E-state index is 12.1. The van der Waals surface area contributed by atoms with Crippen LogP contribution in [0.15, 0.2) is 70.6 Å². The molecule has 128 valence electrons. The van der Waals surface area contributed by atoms with Crippen LogP contribution in [0.25, 0.3) is 22.8 Å². The fourth-order valence-electron chi connectivity index (χ4n) is 2.54. The molecule has 0 fully saturated rings. The number of hydrogen-bond acceptors (Lipinski definition) is 5. The van der Waals surface area contributed by atoms with Gasteiger partial charge in [-0.1, -0.05) is 35.0 Å². The van der Waals surface area contributed by atoms with Crippen LogP contribution in [-0.2, 0) is 0 Å². The van der Waals surface area contributed by atoms with Gasteiger partial charge in [-0.05, 0) is 48.7 Å². The predicted octanol–water partition coefficient (Wildman–Crippen LogP) is 5.03. The molecule has 0 atom stereocenters. The lowest BCUT2D eigenvalue weighted by Crippen LogP contribution is -2.09. The van der Waals surface area contributed by atoms with Crippen molar-refractivity contribution in [1.82, 2.24) is 10.1 Å². The molecule has 0 spiro atoms. The summed E-state index contributed by atoms with van der Waals surface area (Å²) in [6.45, 7) is 2.02. The lowest BCUT2D eigenvalue weighted by Gasteiger charge is -2.03. The largest absolute Gasteiger partial charge is 0.334 e. The van der Waals surface area contributed by atoms with Gasteiger partial charge in [0.2, 0.25) is 5.82 Å². The Kier molecular flexibility index (Phi) is 4.33. The maximum atomic E-state index is 12.1. The number of aromatic nitrogens is 2. The van der Waals surface area contributed by atoms with Gasteiger partial charge in [-0.25, -0.2) is 0 Å². The van der Waals surface area contributed by atoms with E-state index in [9.17, 15) is 4.79 Å². The number of amides is 1. The number of rotatable bonds is 4. The smallest absolute Gasteiger partial charge is 0.265 e. The van der Waals surface area contributed by atoms with Crippen LogP contribution in [0.4, 0.5) is 5.69 Å². The van der Waals surface area contributed by atoms with Gasteiger partial charge in [-0.3, -0.25) is 4.79 Å². The van der Waals surface area contributed by atoms with E-state index in [4.69, 9.17) is 4.52 Å². The number of anilines is 1. The van der Waals surface area contributed by atoms with Gasteiger partial charge in [0.25, 0.3) is 11.8 Å². The van der Waals surface area contributed by atoms with Crippen molar-refractivity contribution in [3.05, 3.63) is 76.5 Å². The molecule has 1 amide bonds. The van der Waals surface area contributed by atoms with Crippen LogP contribution < -0.4 is 5.32 Å². The van der Waals surface area contributed by atoms with Crippen molar-refractivity contribution < 1.29 is 9.32 Å². The number of nitrogens with one attached hydrogen (secondary N) is 1. The number of nitrogens with zero attached hydrogens (tertiary/aromatic N) is 2. The minimum Gasteiger partial charge on any atom is -0.334 e. The Balaban J connectivity index is 1.51. The van der Waals surface area contributed by atoms with Crippen molar-refractivity contribution in [3.8, 4) is 22.8 Å². The van der Waals surface area contributed by atoms with Crippen molar-refractivity contribution in [1.29, 1.82) is 0 Å². The third-order valence-corrected chi connectivity index (χ3v) is 4.71. The minimum atomic E-state index is -0.118. The quantitative estimate of drug-likeness (QED) is 0.554. The van der Waals surface area contributed by atoms with E-state index in [1.165, 1.54) is 11.3 Å². The molecule has 4 rings (SSSR count). The van der Waals surface area contributed by atoms with E-state index in [2.05, 4.69) is 15.5 Å². The van der Waals surface area contributed by atoms with Gasteiger partial charge in [0.05, 0.1) is 4.88 Å². The number of hydrogen-bond donors (Lipinski definition) is 1. The average Bonchev–Trinajstić information content (AvgIpc) is 3.35. The fraction of sp³-hybridized carbons (Fsp3) is 0.0500. The highest BCUT2D eigenvalue weighted by molar-refractivity contribution is 7.12. The molecule has 0 aliphatic carbocycles. The first-order chi connectivity index (χ1) is 12.7. The molecule has 0 bridgehead atoms. The van der Waals surface area contributed by atoms with E-state index in [-0.39, 0.29) is 5.91 Å². The summed E-state index contributed by atoms with van der Waals surface area (Å²) in [6, 6.07) is 18.9. The molecule has 2 aromatic carbocycles. The van der Waals surface area contributed by atoms with Gasteiger partial charge >= 0.3 is 0 Å². The molecule has 0 aliphatic rings. The first kappa shape index (κ1) is 16.2. The van der Waals surface area contributed by atoms with Crippen LogP contribution in [0.5, 0.6) is 0 Å². The minimum absolute atomic E-state index is 0.118. The number of carbonyl (C=O) groups excluding carboxylic acids is 1. The van der Waals surface area contributed by atoms with Crippen LogP contribution >= 0.6 is 11.3 Å². The Morgan fingerprint density at radius 3 is 2.62 bits per heavy atom. The first-order valence-electron chi connectivity index (χ1n) is 8.05. The van der Waals surface area contributed by atoms with Gasteiger partial charge in [-0.15, -0.1) is 11.3 Å². The summed E-state index contributed by atoms with van der Waals surface area (Å²) in [4.78, 5) is 17.2. The number of thiophene rings is 1. The SMILES string of the molecule is Cc1cccc(-c2noc(-c3ccc(NC(=O)c4cccs4)cc3)n2)c1. The summed E-state index contributed by atoms with van der Waals surface area (Å²) in [7, 11) is 0. The van der Waals surface area contributed by atoms with E-state index >= 15 is 0 Å². The van der Waals surface area contributed by atoms with Crippen molar-refractivity contribution in [2.24, 2.45) is 0 Å². The zero-order chi connectivity index (χ0) is 17.9. The molecule has 26 heavy (non-hydrogen) atoms. The Morgan fingerprint density at radius 2 is 1.88 bits per heavy atom. The number of benzene rings is 2. The van der Waals surface area contributed by atoms with Gasteiger partial charge in [0.1, 0.15) is 0 Å². The zero-order valence-corrected chi connectivity index (χ0v) is 14.8. The molecule has 0 saturated carbocycles. The molecular weight excluding hydrogens is 346 g/mol. The molecule has 0 radical (unpaired) electrons. The van der Waals surface area contributed by atoms with E-state index in [1.54, 1.807) is 6.07 Å². The topological polar surface area (TPSA) is 68.0 Å². The lowest BCUT2D eigenvalue weighted by molar-refractivity contribution is 0.103. The maximum Gasteiger partial charge on any atom is 0.265 e. The Morgan fingerprint density at radius 1 is 1.04 bits per heavy atom.